The van der Waals surface area contributed by atoms with Gasteiger partial charge in [-0.25, -0.2) is 4.70 Å². The first kappa shape index (κ1) is 33.0. The van der Waals surface area contributed by atoms with Crippen LogP contribution in [0.25, 0.3) is 16.9 Å². The number of nitrogens with zero attached hydrogens (tertiary/aromatic N) is 2. The molecule has 1 aliphatic heterocycles. The van der Waals surface area contributed by atoms with E-state index in [2.05, 4.69) is 76.2 Å². The van der Waals surface area contributed by atoms with Crippen LogP contribution >= 0.6 is 0 Å². The van der Waals surface area contributed by atoms with E-state index in [-0.39, 0.29) is 0 Å². The zero-order valence-electron chi connectivity index (χ0n) is 26.9. The highest BCUT2D eigenvalue weighted by atomic mass is 15.2. The van der Waals surface area contributed by atoms with Crippen molar-refractivity contribution in [1.29, 1.82) is 0 Å². The van der Waals surface area contributed by atoms with Crippen molar-refractivity contribution in [3.05, 3.63) is 87.5 Å². The van der Waals surface area contributed by atoms with Crippen LogP contribution in [-0.2, 0) is 12.8 Å². The lowest BCUT2D eigenvalue weighted by Gasteiger charge is -2.11. The van der Waals surface area contributed by atoms with E-state index in [4.69, 9.17) is 0 Å². The van der Waals surface area contributed by atoms with Crippen LogP contribution in [-0.4, -0.2) is 4.70 Å². The van der Waals surface area contributed by atoms with Crippen LogP contribution in [0.3, 0.4) is 0 Å². The van der Waals surface area contributed by atoms with E-state index in [0.29, 0.717) is 0 Å². The Hall–Kier alpha value is -2.48. The molecule has 2 heteroatoms. The zero-order chi connectivity index (χ0) is 29.3. The van der Waals surface area contributed by atoms with Crippen molar-refractivity contribution >= 4 is 11.4 Å². The number of aryl methyl sites for hydroxylation is 2. The second-order valence-electron chi connectivity index (χ2n) is 12.3. The van der Waals surface area contributed by atoms with Crippen LogP contribution < -0.4 is 0 Å². The van der Waals surface area contributed by atoms with Gasteiger partial charge in [0.25, 0.3) is 0 Å². The second kappa shape index (κ2) is 18.9. The average Bonchev–Trinajstić information content (AvgIpc) is 3.27. The molecule has 0 atom stereocenters. The van der Waals surface area contributed by atoms with E-state index in [9.17, 15) is 5.53 Å². The maximum atomic E-state index is 12.0. The molecule has 0 saturated carbocycles. The Morgan fingerprint density at radius 2 is 0.951 bits per heavy atom. The molecule has 0 unspecified atom stereocenters. The molecule has 0 radical (unpaired) electrons. The van der Waals surface area contributed by atoms with Gasteiger partial charge in [-0.1, -0.05) is 123 Å². The van der Waals surface area contributed by atoms with Crippen molar-refractivity contribution in [3.8, 4) is 0 Å². The van der Waals surface area contributed by atoms with Gasteiger partial charge in [-0.2, -0.15) is 0 Å². The van der Waals surface area contributed by atoms with Gasteiger partial charge in [-0.15, -0.1) is 0 Å². The summed E-state index contributed by atoms with van der Waals surface area (Å²) >= 11 is 0. The van der Waals surface area contributed by atoms with E-state index in [1.165, 1.54) is 111 Å². The predicted molar refractivity (Wildman–Crippen MR) is 179 cm³/mol. The molecule has 224 valence electrons. The van der Waals surface area contributed by atoms with Gasteiger partial charge >= 0.3 is 0 Å². The fraction of sp³-hybridized carbons (Fsp3) is 0.590. The molecule has 0 spiro atoms. The number of benzene rings is 2. The van der Waals surface area contributed by atoms with Gasteiger partial charge in [0.15, 0.2) is 0 Å². The topological polar surface area (TPSA) is 25.3 Å². The van der Waals surface area contributed by atoms with E-state index in [1.54, 1.807) is 4.70 Å². The summed E-state index contributed by atoms with van der Waals surface area (Å²) in [7, 11) is 0. The SMILES string of the molecule is CCCCCCCCC1=C(c2ccc(CCCCC)cc2)[N+](=[N-])C(c2cccc(CCCCCC)c2)=C1CCCC. The molecule has 2 nitrogen and oxygen atoms in total. The Bertz CT molecular complexity index is 1120. The normalized spacial score (nSPS) is 13.6. The summed E-state index contributed by atoms with van der Waals surface area (Å²) in [4.78, 5) is 0. The summed E-state index contributed by atoms with van der Waals surface area (Å²) in [6.45, 7) is 9.10. The van der Waals surface area contributed by atoms with Crippen LogP contribution in [0.15, 0.2) is 59.7 Å². The molecule has 0 amide bonds. The number of allylic oxidation sites excluding steroid dienone is 2. The molecule has 1 heterocycles. The zero-order valence-corrected chi connectivity index (χ0v) is 26.9. The van der Waals surface area contributed by atoms with Crippen molar-refractivity contribution in [2.75, 3.05) is 0 Å². The van der Waals surface area contributed by atoms with Gasteiger partial charge in [0, 0.05) is 22.3 Å². The fourth-order valence-corrected chi connectivity index (χ4v) is 6.26. The van der Waals surface area contributed by atoms with Gasteiger partial charge in [-0.05, 0) is 86.8 Å². The number of hydrogen-bond donors (Lipinski definition) is 0. The number of unbranched alkanes of at least 4 members (excludes halogenated alkanes) is 11. The summed E-state index contributed by atoms with van der Waals surface area (Å²) < 4.78 is 1.57. The summed E-state index contributed by atoms with van der Waals surface area (Å²) in [5.41, 5.74) is 21.9. The first-order chi connectivity index (χ1) is 20.1. The molecular formula is C39H58N2. The minimum Gasteiger partial charge on any atom is -0.493 e. The quantitative estimate of drug-likeness (QED) is 0.108. The maximum absolute atomic E-state index is 12.0. The largest absolute Gasteiger partial charge is 0.493 e. The van der Waals surface area contributed by atoms with Gasteiger partial charge in [0.1, 0.15) is 0 Å². The highest BCUT2D eigenvalue weighted by molar-refractivity contribution is 5.82. The molecule has 1 aliphatic rings. The van der Waals surface area contributed by atoms with Crippen molar-refractivity contribution in [1.82, 2.24) is 0 Å². The highest BCUT2D eigenvalue weighted by Gasteiger charge is 2.35. The van der Waals surface area contributed by atoms with E-state index in [1.807, 2.05) is 0 Å². The fourth-order valence-electron chi connectivity index (χ4n) is 6.26. The second-order valence-corrected chi connectivity index (χ2v) is 12.3. The lowest BCUT2D eigenvalue weighted by molar-refractivity contribution is -0.345. The van der Waals surface area contributed by atoms with Crippen molar-refractivity contribution in [2.45, 2.75) is 150 Å². The predicted octanol–water partition coefficient (Wildman–Crippen LogP) is 12.7. The summed E-state index contributed by atoms with van der Waals surface area (Å²) in [6.07, 6.45) is 23.2. The molecule has 0 fully saturated rings. The van der Waals surface area contributed by atoms with Gasteiger partial charge in [0.05, 0.1) is 0 Å². The number of rotatable bonds is 21. The third-order valence-corrected chi connectivity index (χ3v) is 8.74. The van der Waals surface area contributed by atoms with Crippen LogP contribution in [0.2, 0.25) is 0 Å². The summed E-state index contributed by atoms with van der Waals surface area (Å²) in [5.74, 6) is 0. The maximum Gasteiger partial charge on any atom is 0.211 e. The molecule has 0 aromatic heterocycles. The highest BCUT2D eigenvalue weighted by Crippen LogP contribution is 2.44. The Labute approximate surface area is 252 Å². The van der Waals surface area contributed by atoms with Crippen molar-refractivity contribution in [2.24, 2.45) is 0 Å². The molecule has 3 rings (SSSR count). The monoisotopic (exact) mass is 554 g/mol. The van der Waals surface area contributed by atoms with Gasteiger partial charge in [-0.3, -0.25) is 0 Å². The third-order valence-electron chi connectivity index (χ3n) is 8.74. The lowest BCUT2D eigenvalue weighted by Crippen LogP contribution is -2.03. The van der Waals surface area contributed by atoms with Crippen LogP contribution in [0, 0.1) is 0 Å². The Morgan fingerprint density at radius 3 is 1.63 bits per heavy atom. The average molecular weight is 555 g/mol. The smallest absolute Gasteiger partial charge is 0.211 e. The Morgan fingerprint density at radius 1 is 0.463 bits per heavy atom. The first-order valence-corrected chi connectivity index (χ1v) is 17.3. The van der Waals surface area contributed by atoms with Crippen LogP contribution in [0.1, 0.15) is 159 Å². The minimum atomic E-state index is 1.02. The number of hydrogen-bond acceptors (Lipinski definition) is 0. The molecule has 41 heavy (non-hydrogen) atoms. The molecule has 2 aromatic rings. The Kier molecular flexibility index (Phi) is 15.2. The van der Waals surface area contributed by atoms with Crippen LogP contribution in [0.4, 0.5) is 0 Å². The molecule has 0 bridgehead atoms. The van der Waals surface area contributed by atoms with E-state index in [0.717, 1.165) is 55.5 Å². The standard InChI is InChI=1S/C39H58N2/c1-5-9-13-15-16-19-26-37-36(25-12-8-4)39(35-24-20-23-33(31-35)22-18-14-10-6-2)41(40)38(37)34-29-27-32(28-30-34)21-17-11-7-3/h20,23-24,27-31H,5-19,21-22,25-26H2,1-4H3. The lowest BCUT2D eigenvalue weighted by atomic mass is 9.91. The summed E-state index contributed by atoms with van der Waals surface area (Å²) in [5, 5.41) is 0. The molecule has 0 saturated heterocycles. The van der Waals surface area contributed by atoms with Crippen molar-refractivity contribution < 1.29 is 4.70 Å². The minimum absolute atomic E-state index is 1.02. The van der Waals surface area contributed by atoms with Crippen LogP contribution in [0.5, 0.6) is 0 Å². The summed E-state index contributed by atoms with van der Waals surface area (Å²) in [6, 6.07) is 18.1. The third kappa shape index (κ3) is 10.1. The molecule has 0 N–H and O–H groups in total. The first-order valence-electron chi connectivity index (χ1n) is 17.3. The van der Waals surface area contributed by atoms with E-state index < -0.39 is 0 Å². The molecular weight excluding hydrogens is 496 g/mol. The van der Waals surface area contributed by atoms with Crippen molar-refractivity contribution in [3.63, 3.8) is 0 Å². The molecule has 2 aromatic carbocycles. The molecule has 0 aliphatic carbocycles. The Balaban J connectivity index is 1.95. The van der Waals surface area contributed by atoms with E-state index >= 15 is 0 Å². The van der Waals surface area contributed by atoms with Gasteiger partial charge < -0.3 is 5.53 Å². The van der Waals surface area contributed by atoms with Gasteiger partial charge in [0.2, 0.25) is 11.4 Å².